The molecule has 0 aliphatic heterocycles. The highest BCUT2D eigenvalue weighted by Crippen LogP contribution is 2.26. The molecular formula is C21H18BrN3O3. The monoisotopic (exact) mass is 439 g/mol. The first-order valence-corrected chi connectivity index (χ1v) is 9.22. The highest BCUT2D eigenvalue weighted by Gasteiger charge is 2.09. The van der Waals surface area contributed by atoms with Gasteiger partial charge in [-0.25, -0.2) is 4.79 Å². The lowest BCUT2D eigenvalue weighted by Gasteiger charge is -2.10. The number of amides is 3. The van der Waals surface area contributed by atoms with Gasteiger partial charge in [-0.1, -0.05) is 18.2 Å². The predicted molar refractivity (Wildman–Crippen MR) is 114 cm³/mol. The van der Waals surface area contributed by atoms with Crippen LogP contribution < -0.4 is 20.7 Å². The zero-order valence-corrected chi connectivity index (χ0v) is 16.6. The van der Waals surface area contributed by atoms with E-state index >= 15 is 0 Å². The number of hydrogen-bond donors (Lipinski definition) is 3. The number of hydrogen-bond acceptors (Lipinski definition) is 3. The number of halogens is 1. The normalized spacial score (nSPS) is 10.1. The van der Waals surface area contributed by atoms with Crippen molar-refractivity contribution in [1.29, 1.82) is 0 Å². The van der Waals surface area contributed by atoms with Crippen LogP contribution in [-0.2, 0) is 0 Å². The number of para-hydroxylation sites is 1. The Balaban J connectivity index is 1.58. The molecule has 0 aromatic heterocycles. The minimum atomic E-state index is -0.342. The number of ether oxygens (including phenoxy) is 1. The molecule has 6 nitrogen and oxygen atoms in total. The van der Waals surface area contributed by atoms with Crippen molar-refractivity contribution in [2.75, 3.05) is 23.1 Å². The first-order chi connectivity index (χ1) is 13.5. The summed E-state index contributed by atoms with van der Waals surface area (Å²) in [5.74, 6) is 0.409. The van der Waals surface area contributed by atoms with Gasteiger partial charge in [0.15, 0.2) is 0 Å². The second-order valence-corrected chi connectivity index (χ2v) is 6.68. The van der Waals surface area contributed by atoms with Crippen molar-refractivity contribution in [2.45, 2.75) is 0 Å². The Morgan fingerprint density at radius 1 is 0.786 bits per heavy atom. The average Bonchev–Trinajstić information content (AvgIpc) is 2.70. The Morgan fingerprint density at radius 2 is 1.36 bits per heavy atom. The smallest absolute Gasteiger partial charge is 0.323 e. The van der Waals surface area contributed by atoms with E-state index in [4.69, 9.17) is 4.74 Å². The van der Waals surface area contributed by atoms with Gasteiger partial charge in [-0.3, -0.25) is 4.79 Å². The topological polar surface area (TPSA) is 79.5 Å². The Hall–Kier alpha value is -3.32. The van der Waals surface area contributed by atoms with Crippen molar-refractivity contribution in [2.24, 2.45) is 0 Å². The van der Waals surface area contributed by atoms with Crippen LogP contribution in [-0.4, -0.2) is 19.0 Å². The van der Waals surface area contributed by atoms with Gasteiger partial charge in [0.05, 0.1) is 11.6 Å². The van der Waals surface area contributed by atoms with Crippen LogP contribution in [0.5, 0.6) is 5.75 Å². The molecule has 3 aromatic rings. The Labute approximate surface area is 171 Å². The molecule has 7 heteroatoms. The van der Waals surface area contributed by atoms with E-state index < -0.39 is 0 Å². The molecule has 0 fully saturated rings. The third-order valence-corrected chi connectivity index (χ3v) is 4.47. The molecular weight excluding hydrogens is 422 g/mol. The molecule has 0 saturated carbocycles. The molecule has 0 bridgehead atoms. The van der Waals surface area contributed by atoms with Gasteiger partial charge in [-0.15, -0.1) is 0 Å². The molecule has 0 saturated heterocycles. The van der Waals surface area contributed by atoms with Crippen LogP contribution in [0.25, 0.3) is 0 Å². The van der Waals surface area contributed by atoms with Crippen molar-refractivity contribution in [1.82, 2.24) is 0 Å². The van der Waals surface area contributed by atoms with E-state index in [1.165, 1.54) is 0 Å². The SMILES string of the molecule is COc1ccc(C(=O)Nc2ccc(NC(=O)Nc3ccccc3)cc2)cc1Br. The maximum atomic E-state index is 12.4. The summed E-state index contributed by atoms with van der Waals surface area (Å²) in [6.07, 6.45) is 0. The predicted octanol–water partition coefficient (Wildman–Crippen LogP) is 5.35. The van der Waals surface area contributed by atoms with Gasteiger partial charge < -0.3 is 20.7 Å². The van der Waals surface area contributed by atoms with Gasteiger partial charge >= 0.3 is 6.03 Å². The lowest BCUT2D eigenvalue weighted by molar-refractivity contribution is 0.102. The largest absolute Gasteiger partial charge is 0.496 e. The molecule has 0 unspecified atom stereocenters. The first kappa shape index (κ1) is 19.4. The highest BCUT2D eigenvalue weighted by molar-refractivity contribution is 9.10. The third kappa shape index (κ3) is 5.11. The molecule has 0 aliphatic rings. The molecule has 0 spiro atoms. The number of urea groups is 1. The molecule has 28 heavy (non-hydrogen) atoms. The van der Waals surface area contributed by atoms with Crippen molar-refractivity contribution in [3.8, 4) is 5.75 Å². The number of benzene rings is 3. The van der Waals surface area contributed by atoms with E-state index in [9.17, 15) is 9.59 Å². The highest BCUT2D eigenvalue weighted by atomic mass is 79.9. The molecule has 3 N–H and O–H groups in total. The van der Waals surface area contributed by atoms with E-state index in [0.29, 0.717) is 32.8 Å². The Bertz CT molecular complexity index is 976. The number of anilines is 3. The number of nitrogens with one attached hydrogen (secondary N) is 3. The fraction of sp³-hybridized carbons (Fsp3) is 0.0476. The minimum Gasteiger partial charge on any atom is -0.496 e. The standard InChI is InChI=1S/C21H18BrN3O3/c1-28-19-12-7-14(13-18(19)22)20(26)23-16-8-10-17(11-9-16)25-21(27)24-15-5-3-2-4-6-15/h2-13H,1H3,(H,23,26)(H2,24,25,27). The summed E-state index contributed by atoms with van der Waals surface area (Å²) in [7, 11) is 1.57. The molecule has 0 atom stereocenters. The summed E-state index contributed by atoms with van der Waals surface area (Å²) in [5, 5.41) is 8.29. The summed E-state index contributed by atoms with van der Waals surface area (Å²) in [6, 6.07) is 20.8. The van der Waals surface area contributed by atoms with Crippen molar-refractivity contribution >= 4 is 44.9 Å². The van der Waals surface area contributed by atoms with E-state index in [1.54, 1.807) is 61.7 Å². The van der Waals surface area contributed by atoms with Gasteiger partial charge in [0.2, 0.25) is 0 Å². The summed E-state index contributed by atoms with van der Waals surface area (Å²) in [4.78, 5) is 24.4. The lowest BCUT2D eigenvalue weighted by Crippen LogP contribution is -2.19. The number of rotatable bonds is 5. The quantitative estimate of drug-likeness (QED) is 0.500. The van der Waals surface area contributed by atoms with Gasteiger partial charge in [0, 0.05) is 22.6 Å². The molecule has 0 heterocycles. The first-order valence-electron chi connectivity index (χ1n) is 8.43. The summed E-state index contributed by atoms with van der Waals surface area (Å²) in [5.41, 5.74) is 2.43. The van der Waals surface area contributed by atoms with Crippen molar-refractivity contribution in [3.05, 3.63) is 82.8 Å². The van der Waals surface area contributed by atoms with Gasteiger partial charge in [-0.05, 0) is 70.5 Å². The summed E-state index contributed by atoms with van der Waals surface area (Å²) < 4.78 is 5.86. The van der Waals surface area contributed by atoms with Gasteiger partial charge in [-0.2, -0.15) is 0 Å². The molecule has 0 aliphatic carbocycles. The lowest BCUT2D eigenvalue weighted by atomic mass is 10.2. The van der Waals surface area contributed by atoms with Crippen LogP contribution >= 0.6 is 15.9 Å². The zero-order chi connectivity index (χ0) is 19.9. The van der Waals surface area contributed by atoms with E-state index in [1.807, 2.05) is 18.2 Å². The van der Waals surface area contributed by atoms with Crippen LogP contribution in [0.4, 0.5) is 21.9 Å². The zero-order valence-electron chi connectivity index (χ0n) is 15.0. The molecule has 3 aromatic carbocycles. The van der Waals surface area contributed by atoms with Gasteiger partial charge in [0.25, 0.3) is 5.91 Å². The fourth-order valence-electron chi connectivity index (χ4n) is 2.46. The second-order valence-electron chi connectivity index (χ2n) is 5.83. The maximum absolute atomic E-state index is 12.4. The second kappa shape index (κ2) is 9.05. The molecule has 0 radical (unpaired) electrons. The maximum Gasteiger partial charge on any atom is 0.323 e. The summed E-state index contributed by atoms with van der Waals surface area (Å²) in [6.45, 7) is 0. The fourth-order valence-corrected chi connectivity index (χ4v) is 3.00. The van der Waals surface area contributed by atoms with Crippen LogP contribution in [0.3, 0.4) is 0 Å². The van der Waals surface area contributed by atoms with Crippen LogP contribution in [0.15, 0.2) is 77.3 Å². The summed E-state index contributed by atoms with van der Waals surface area (Å²) >= 11 is 3.37. The van der Waals surface area contributed by atoms with Crippen molar-refractivity contribution in [3.63, 3.8) is 0 Å². The molecule has 3 rings (SSSR count). The van der Waals surface area contributed by atoms with Gasteiger partial charge in [0.1, 0.15) is 5.75 Å². The third-order valence-electron chi connectivity index (χ3n) is 3.85. The van der Waals surface area contributed by atoms with E-state index in [0.717, 1.165) is 0 Å². The minimum absolute atomic E-state index is 0.245. The number of carbonyl (C=O) groups excluding carboxylic acids is 2. The van der Waals surface area contributed by atoms with E-state index in [2.05, 4.69) is 31.9 Å². The molecule has 142 valence electrons. The van der Waals surface area contributed by atoms with E-state index in [-0.39, 0.29) is 11.9 Å². The van der Waals surface area contributed by atoms with Crippen LogP contribution in [0.1, 0.15) is 10.4 Å². The van der Waals surface area contributed by atoms with Crippen molar-refractivity contribution < 1.29 is 14.3 Å². The average molecular weight is 440 g/mol. The van der Waals surface area contributed by atoms with Crippen LogP contribution in [0.2, 0.25) is 0 Å². The Morgan fingerprint density at radius 3 is 1.93 bits per heavy atom. The number of carbonyl (C=O) groups is 2. The number of methoxy groups -OCH3 is 1. The molecule has 3 amide bonds. The Kier molecular flexibility index (Phi) is 6.29. The van der Waals surface area contributed by atoms with Crippen LogP contribution in [0, 0.1) is 0 Å².